The van der Waals surface area contributed by atoms with E-state index < -0.39 is 17.3 Å². The standard InChI is InChI=1S/C5H11.2C2H5.ClH.Sn/c1-3-5-4-2;2*1-2;;/h1,3-5H2,2H3;2*1H2,2H3;1H;/q;;;;+1/p-1. The maximum atomic E-state index is 6.55. The second-order valence-electron chi connectivity index (χ2n) is 3.32. The molecule has 0 radical (unpaired) electrons. The molecule has 0 unspecified atom stereocenters. The Morgan fingerprint density at radius 1 is 1.00 bits per heavy atom. The number of rotatable bonds is 6. The molecule has 0 saturated carbocycles. The van der Waals surface area contributed by atoms with E-state index in [9.17, 15) is 0 Å². The Bertz CT molecular complexity index is 89.6. The van der Waals surface area contributed by atoms with Gasteiger partial charge in [-0.05, 0) is 0 Å². The van der Waals surface area contributed by atoms with Gasteiger partial charge in [-0.1, -0.05) is 0 Å². The topological polar surface area (TPSA) is 0 Å². The molecular formula is C9H21ClSn. The molecule has 0 aromatic rings. The molecule has 0 aliphatic carbocycles. The van der Waals surface area contributed by atoms with Crippen LogP contribution in [0.3, 0.4) is 0 Å². The molecule has 0 fully saturated rings. The van der Waals surface area contributed by atoms with E-state index in [1.807, 2.05) is 0 Å². The number of unbranched alkanes of at least 4 members (excludes halogenated alkanes) is 2. The van der Waals surface area contributed by atoms with E-state index in [0.29, 0.717) is 0 Å². The average Bonchev–Trinajstić information content (AvgIpc) is 2.05. The van der Waals surface area contributed by atoms with Gasteiger partial charge in [0.05, 0.1) is 0 Å². The molecule has 0 nitrogen and oxygen atoms in total. The molecule has 11 heavy (non-hydrogen) atoms. The fraction of sp³-hybridized carbons (Fsp3) is 1.00. The van der Waals surface area contributed by atoms with Gasteiger partial charge in [-0.15, -0.1) is 0 Å². The van der Waals surface area contributed by atoms with Crippen LogP contribution in [-0.2, 0) is 0 Å². The fourth-order valence-electron chi connectivity index (χ4n) is 1.30. The van der Waals surface area contributed by atoms with Gasteiger partial charge in [-0.25, -0.2) is 0 Å². The van der Waals surface area contributed by atoms with Gasteiger partial charge in [0.1, 0.15) is 0 Å². The van der Waals surface area contributed by atoms with Gasteiger partial charge >= 0.3 is 79.5 Å². The summed E-state index contributed by atoms with van der Waals surface area (Å²) in [5.41, 5.74) is 0. The predicted molar refractivity (Wildman–Crippen MR) is 56.9 cm³/mol. The van der Waals surface area contributed by atoms with E-state index in [0.717, 1.165) is 0 Å². The zero-order valence-electron chi connectivity index (χ0n) is 8.12. The van der Waals surface area contributed by atoms with Crippen molar-refractivity contribution >= 4 is 26.2 Å². The van der Waals surface area contributed by atoms with Crippen LogP contribution in [-0.4, -0.2) is 17.3 Å². The molecule has 0 bridgehead atoms. The summed E-state index contributed by atoms with van der Waals surface area (Å²) in [7, 11) is 6.55. The van der Waals surface area contributed by atoms with Crippen molar-refractivity contribution in [2.75, 3.05) is 0 Å². The second kappa shape index (κ2) is 6.59. The summed E-state index contributed by atoms with van der Waals surface area (Å²) in [5.74, 6) is 0. The minimum atomic E-state index is -1.96. The third-order valence-electron chi connectivity index (χ3n) is 2.50. The summed E-state index contributed by atoms with van der Waals surface area (Å²) in [6.07, 6.45) is 4.09. The Morgan fingerprint density at radius 2 is 1.55 bits per heavy atom. The van der Waals surface area contributed by atoms with Gasteiger partial charge in [0.2, 0.25) is 0 Å². The first kappa shape index (κ1) is 12.1. The maximum absolute atomic E-state index is 6.55. The Morgan fingerprint density at radius 3 is 1.91 bits per heavy atom. The Balaban J connectivity index is 3.51. The van der Waals surface area contributed by atoms with E-state index in [1.54, 1.807) is 0 Å². The summed E-state index contributed by atoms with van der Waals surface area (Å²) >= 11 is -1.96. The van der Waals surface area contributed by atoms with Crippen LogP contribution in [0.15, 0.2) is 0 Å². The zero-order chi connectivity index (χ0) is 8.74. The van der Waals surface area contributed by atoms with Crippen LogP contribution >= 0.6 is 8.92 Å². The van der Waals surface area contributed by atoms with E-state index in [1.165, 1.54) is 32.6 Å². The van der Waals surface area contributed by atoms with E-state index in [-0.39, 0.29) is 0 Å². The SMILES string of the molecule is CCCC[CH2][Sn]([Cl])([CH2]C)[CH2]C. The summed E-state index contributed by atoms with van der Waals surface area (Å²) in [4.78, 5) is 0. The molecule has 0 amide bonds. The summed E-state index contributed by atoms with van der Waals surface area (Å²) in [6, 6.07) is 0. The first-order chi connectivity index (χ1) is 5.18. The van der Waals surface area contributed by atoms with Crippen molar-refractivity contribution in [2.24, 2.45) is 0 Å². The quantitative estimate of drug-likeness (QED) is 0.500. The van der Waals surface area contributed by atoms with Crippen LogP contribution in [0.2, 0.25) is 13.3 Å². The molecule has 2 heteroatoms. The molecule has 0 aromatic heterocycles. The summed E-state index contributed by atoms with van der Waals surface area (Å²) in [6.45, 7) is 6.81. The predicted octanol–water partition coefficient (Wildman–Crippen LogP) is 4.40. The molecule has 0 rings (SSSR count). The van der Waals surface area contributed by atoms with Crippen LogP contribution < -0.4 is 0 Å². The number of hydrogen-bond acceptors (Lipinski definition) is 0. The van der Waals surface area contributed by atoms with Crippen LogP contribution in [0.4, 0.5) is 0 Å². The van der Waals surface area contributed by atoms with Crippen molar-refractivity contribution in [1.29, 1.82) is 0 Å². The molecule has 0 heterocycles. The molecule has 0 aliphatic rings. The van der Waals surface area contributed by atoms with E-state index in [4.69, 9.17) is 8.92 Å². The van der Waals surface area contributed by atoms with Gasteiger partial charge < -0.3 is 0 Å². The Labute approximate surface area is 79.3 Å². The van der Waals surface area contributed by atoms with Crippen LogP contribution in [0, 0.1) is 0 Å². The van der Waals surface area contributed by atoms with Gasteiger partial charge in [0.25, 0.3) is 0 Å². The third-order valence-corrected chi connectivity index (χ3v) is 18.1. The molecule has 68 valence electrons. The minimum absolute atomic E-state index is 1.32. The number of halogens is 1. The molecular weight excluding hydrogens is 262 g/mol. The molecule has 0 spiro atoms. The van der Waals surface area contributed by atoms with Crippen LogP contribution in [0.25, 0.3) is 0 Å². The Kier molecular flexibility index (Phi) is 7.24. The van der Waals surface area contributed by atoms with Crippen molar-refractivity contribution in [3.8, 4) is 0 Å². The zero-order valence-corrected chi connectivity index (χ0v) is 11.7. The summed E-state index contributed by atoms with van der Waals surface area (Å²) < 4.78 is 4.03. The Hall–Kier alpha value is 1.09. The second-order valence-corrected chi connectivity index (χ2v) is 20.7. The van der Waals surface area contributed by atoms with Crippen LogP contribution in [0.5, 0.6) is 0 Å². The molecule has 0 aromatic carbocycles. The van der Waals surface area contributed by atoms with Gasteiger partial charge in [-0.2, -0.15) is 0 Å². The fourth-order valence-corrected chi connectivity index (χ4v) is 8.16. The number of hydrogen-bond donors (Lipinski definition) is 0. The van der Waals surface area contributed by atoms with E-state index in [2.05, 4.69) is 20.8 Å². The van der Waals surface area contributed by atoms with E-state index >= 15 is 0 Å². The molecule has 0 aliphatic heterocycles. The van der Waals surface area contributed by atoms with Gasteiger partial charge in [-0.3, -0.25) is 0 Å². The van der Waals surface area contributed by atoms with Crippen molar-refractivity contribution in [2.45, 2.75) is 53.3 Å². The third kappa shape index (κ3) is 5.35. The van der Waals surface area contributed by atoms with Crippen molar-refractivity contribution in [3.63, 3.8) is 0 Å². The summed E-state index contributed by atoms with van der Waals surface area (Å²) in [5, 5.41) is 0. The first-order valence-electron chi connectivity index (χ1n) is 4.87. The van der Waals surface area contributed by atoms with Crippen LogP contribution in [0.1, 0.15) is 40.0 Å². The normalized spacial score (nSPS) is 12.0. The molecule has 0 saturated heterocycles. The van der Waals surface area contributed by atoms with Crippen molar-refractivity contribution in [1.82, 2.24) is 0 Å². The monoisotopic (exact) mass is 284 g/mol. The first-order valence-corrected chi connectivity index (χ1v) is 14.5. The van der Waals surface area contributed by atoms with Crippen molar-refractivity contribution in [3.05, 3.63) is 0 Å². The van der Waals surface area contributed by atoms with Crippen molar-refractivity contribution < 1.29 is 0 Å². The van der Waals surface area contributed by atoms with Gasteiger partial charge in [0, 0.05) is 0 Å². The molecule has 0 atom stereocenters. The molecule has 0 N–H and O–H groups in total. The van der Waals surface area contributed by atoms with Gasteiger partial charge in [0.15, 0.2) is 0 Å². The average molecular weight is 283 g/mol.